The van der Waals surface area contributed by atoms with Crippen molar-refractivity contribution in [3.63, 3.8) is 0 Å². The number of nitrogens with one attached hydrogen (secondary N) is 2. The summed E-state index contributed by atoms with van der Waals surface area (Å²) in [5.74, 6) is 0.352. The molecule has 1 amide bonds. The van der Waals surface area contributed by atoms with E-state index in [0.717, 1.165) is 22.2 Å². The van der Waals surface area contributed by atoms with E-state index in [4.69, 9.17) is 11.6 Å². The van der Waals surface area contributed by atoms with Gasteiger partial charge < -0.3 is 5.32 Å². The summed E-state index contributed by atoms with van der Waals surface area (Å²) in [4.78, 5) is 19.1. The highest BCUT2D eigenvalue weighted by Crippen LogP contribution is 2.26. The van der Waals surface area contributed by atoms with Crippen molar-refractivity contribution in [2.75, 3.05) is 5.32 Å². The molecule has 0 aliphatic carbocycles. The van der Waals surface area contributed by atoms with Crippen LogP contribution in [-0.2, 0) is 4.79 Å². The van der Waals surface area contributed by atoms with Gasteiger partial charge in [0.1, 0.15) is 0 Å². The smallest absolute Gasteiger partial charge is 0.222 e. The van der Waals surface area contributed by atoms with Crippen LogP contribution >= 0.6 is 11.6 Å². The van der Waals surface area contributed by atoms with Gasteiger partial charge in [-0.1, -0.05) is 6.07 Å². The van der Waals surface area contributed by atoms with Crippen molar-refractivity contribution in [2.24, 2.45) is 0 Å². The minimum atomic E-state index is -0.162. The second-order valence-electron chi connectivity index (χ2n) is 4.22. The predicted octanol–water partition coefficient (Wildman–Crippen LogP) is 2.63. The van der Waals surface area contributed by atoms with Gasteiger partial charge in [-0.2, -0.15) is 5.10 Å². The maximum absolute atomic E-state index is 11.1. The number of nitrogens with zero attached hydrogens (tertiary/aromatic N) is 3. The van der Waals surface area contributed by atoms with E-state index in [1.165, 1.54) is 6.92 Å². The number of carbonyl (C=O) groups excluding carboxylic acids is 1. The summed E-state index contributed by atoms with van der Waals surface area (Å²) in [6.45, 7) is 1.44. The molecule has 0 saturated heterocycles. The summed E-state index contributed by atoms with van der Waals surface area (Å²) in [5.41, 5.74) is 2.42. The van der Waals surface area contributed by atoms with Gasteiger partial charge in [-0.3, -0.25) is 9.89 Å². The molecule has 100 valence electrons. The number of aromatic nitrogens is 4. The Balaban J connectivity index is 2.06. The third-order valence-electron chi connectivity index (χ3n) is 2.78. The first-order valence-electron chi connectivity index (χ1n) is 5.88. The lowest BCUT2D eigenvalue weighted by molar-refractivity contribution is -0.114. The number of hydrogen-bond acceptors (Lipinski definition) is 4. The van der Waals surface area contributed by atoms with Crippen molar-refractivity contribution in [2.45, 2.75) is 6.92 Å². The first-order chi connectivity index (χ1) is 9.63. The van der Waals surface area contributed by atoms with Crippen molar-refractivity contribution in [1.82, 2.24) is 20.2 Å². The van der Waals surface area contributed by atoms with Crippen LogP contribution in [-0.4, -0.2) is 26.1 Å². The van der Waals surface area contributed by atoms with Crippen LogP contribution in [0.5, 0.6) is 0 Å². The number of halogens is 1. The van der Waals surface area contributed by atoms with Gasteiger partial charge in [-0.15, -0.1) is 0 Å². The van der Waals surface area contributed by atoms with Crippen molar-refractivity contribution in [3.8, 4) is 11.3 Å². The monoisotopic (exact) mass is 287 g/mol. The molecule has 0 unspecified atom stereocenters. The number of anilines is 1. The third kappa shape index (κ3) is 2.33. The average Bonchev–Trinajstić information content (AvgIpc) is 2.80. The molecule has 3 rings (SSSR count). The number of fused-ring (bicyclic) bond motifs is 1. The van der Waals surface area contributed by atoms with Crippen molar-refractivity contribution >= 4 is 34.2 Å². The molecular weight excluding hydrogens is 278 g/mol. The molecule has 0 aliphatic heterocycles. The predicted molar refractivity (Wildman–Crippen MR) is 76.4 cm³/mol. The molecule has 0 saturated carbocycles. The van der Waals surface area contributed by atoms with E-state index in [1.807, 2.05) is 18.2 Å². The first kappa shape index (κ1) is 12.6. The molecule has 0 atom stereocenters. The normalized spacial score (nSPS) is 10.7. The molecule has 1 aromatic carbocycles. The van der Waals surface area contributed by atoms with Gasteiger partial charge in [0.2, 0.25) is 11.2 Å². The molecule has 0 aliphatic rings. The molecule has 0 spiro atoms. The Kier molecular flexibility index (Phi) is 3.08. The van der Waals surface area contributed by atoms with E-state index in [2.05, 4.69) is 25.5 Å². The fourth-order valence-electron chi connectivity index (χ4n) is 1.94. The first-order valence-corrected chi connectivity index (χ1v) is 6.26. The van der Waals surface area contributed by atoms with Crippen molar-refractivity contribution in [1.29, 1.82) is 0 Å². The Bertz CT molecular complexity index is 798. The summed E-state index contributed by atoms with van der Waals surface area (Å²) in [5, 5.41) is 10.7. The second-order valence-corrected chi connectivity index (χ2v) is 4.56. The Morgan fingerprint density at radius 1 is 1.35 bits per heavy atom. The zero-order valence-corrected chi connectivity index (χ0v) is 11.3. The fraction of sp³-hybridized carbons (Fsp3) is 0.0769. The van der Waals surface area contributed by atoms with Crippen LogP contribution in [0.15, 0.2) is 30.5 Å². The van der Waals surface area contributed by atoms with E-state index in [-0.39, 0.29) is 11.2 Å². The summed E-state index contributed by atoms with van der Waals surface area (Å²) in [7, 11) is 0. The van der Waals surface area contributed by atoms with Gasteiger partial charge in [0.25, 0.3) is 0 Å². The second kappa shape index (κ2) is 4.90. The Hall–Kier alpha value is -2.47. The number of rotatable bonds is 2. The molecule has 0 fully saturated rings. The van der Waals surface area contributed by atoms with Crippen LogP contribution in [0.2, 0.25) is 5.28 Å². The van der Waals surface area contributed by atoms with Crippen molar-refractivity contribution < 1.29 is 4.79 Å². The molecule has 2 aromatic heterocycles. The number of amides is 1. The van der Waals surface area contributed by atoms with Gasteiger partial charge in [0.05, 0.1) is 11.2 Å². The molecule has 3 aromatic rings. The number of H-pyrrole nitrogens is 1. The maximum Gasteiger partial charge on any atom is 0.222 e. The molecule has 0 bridgehead atoms. The lowest BCUT2D eigenvalue weighted by Gasteiger charge is -2.01. The molecule has 2 N–H and O–H groups in total. The van der Waals surface area contributed by atoms with Crippen LogP contribution in [0.3, 0.4) is 0 Å². The minimum Gasteiger partial charge on any atom is -0.309 e. The van der Waals surface area contributed by atoms with E-state index < -0.39 is 0 Å². The highest BCUT2D eigenvalue weighted by atomic mass is 35.5. The zero-order chi connectivity index (χ0) is 14.1. The van der Waals surface area contributed by atoms with Gasteiger partial charge >= 0.3 is 0 Å². The molecular formula is C13H10ClN5O. The van der Waals surface area contributed by atoms with E-state index in [1.54, 1.807) is 12.3 Å². The molecule has 2 heterocycles. The Morgan fingerprint density at radius 2 is 2.20 bits per heavy atom. The van der Waals surface area contributed by atoms with Crippen LogP contribution < -0.4 is 5.32 Å². The summed E-state index contributed by atoms with van der Waals surface area (Å²) in [6.07, 6.45) is 1.60. The highest BCUT2D eigenvalue weighted by molar-refractivity contribution is 6.28. The van der Waals surface area contributed by atoms with E-state index in [0.29, 0.717) is 5.82 Å². The SMILES string of the molecule is CC(=O)Nc1n[nH]c2cc(-c3ccnc(Cl)n3)ccc12. The molecule has 0 radical (unpaired) electrons. The van der Waals surface area contributed by atoms with Gasteiger partial charge in [0.15, 0.2) is 5.82 Å². The molecule has 20 heavy (non-hydrogen) atoms. The Morgan fingerprint density at radius 3 is 2.95 bits per heavy atom. The summed E-state index contributed by atoms with van der Waals surface area (Å²) >= 11 is 5.78. The van der Waals surface area contributed by atoms with Gasteiger partial charge in [0, 0.05) is 24.1 Å². The van der Waals surface area contributed by atoms with Crippen LogP contribution in [0.1, 0.15) is 6.92 Å². The standard InChI is InChI=1S/C13H10ClN5O/c1-7(20)16-12-9-3-2-8(6-11(9)18-19-12)10-4-5-15-13(14)17-10/h2-6H,1H3,(H2,16,18,19,20). The topological polar surface area (TPSA) is 83.6 Å². The quantitative estimate of drug-likeness (QED) is 0.710. The fourth-order valence-corrected chi connectivity index (χ4v) is 2.08. The number of carbonyl (C=O) groups is 1. The number of hydrogen-bond donors (Lipinski definition) is 2. The third-order valence-corrected chi connectivity index (χ3v) is 2.96. The maximum atomic E-state index is 11.1. The molecule has 7 heteroatoms. The minimum absolute atomic E-state index is 0.162. The number of benzene rings is 1. The van der Waals surface area contributed by atoms with Gasteiger partial charge in [-0.05, 0) is 29.8 Å². The summed E-state index contributed by atoms with van der Waals surface area (Å²) < 4.78 is 0. The molecule has 6 nitrogen and oxygen atoms in total. The van der Waals surface area contributed by atoms with Crippen LogP contribution in [0.25, 0.3) is 22.2 Å². The van der Waals surface area contributed by atoms with Crippen molar-refractivity contribution in [3.05, 3.63) is 35.7 Å². The summed E-state index contributed by atoms with van der Waals surface area (Å²) in [6, 6.07) is 7.43. The van der Waals surface area contributed by atoms with Crippen LogP contribution in [0.4, 0.5) is 5.82 Å². The van der Waals surface area contributed by atoms with Gasteiger partial charge in [-0.25, -0.2) is 9.97 Å². The Labute approximate surface area is 119 Å². The number of aromatic amines is 1. The lowest BCUT2D eigenvalue weighted by atomic mass is 10.1. The van der Waals surface area contributed by atoms with Crippen LogP contribution in [0, 0.1) is 0 Å². The van der Waals surface area contributed by atoms with E-state index in [9.17, 15) is 4.79 Å². The lowest BCUT2D eigenvalue weighted by Crippen LogP contribution is -2.06. The highest BCUT2D eigenvalue weighted by Gasteiger charge is 2.09. The largest absolute Gasteiger partial charge is 0.309 e. The zero-order valence-electron chi connectivity index (χ0n) is 10.5. The van der Waals surface area contributed by atoms with E-state index >= 15 is 0 Å². The average molecular weight is 288 g/mol.